The number of carbonyl (C=O) groups excluding carboxylic acids is 1. The van der Waals surface area contributed by atoms with Gasteiger partial charge in [-0.3, -0.25) is 0 Å². The van der Waals surface area contributed by atoms with Crippen LogP contribution in [0.25, 0.3) is 0 Å². The van der Waals surface area contributed by atoms with Crippen LogP contribution in [0.5, 0.6) is 0 Å². The molecule has 26 heavy (non-hydrogen) atoms. The molecule has 3 heteroatoms. The van der Waals surface area contributed by atoms with Crippen molar-refractivity contribution in [1.82, 2.24) is 4.90 Å². The average molecular weight is 349 g/mol. The van der Waals surface area contributed by atoms with Crippen molar-refractivity contribution >= 4 is 6.09 Å². The molecule has 3 nitrogen and oxygen atoms in total. The second-order valence-corrected chi connectivity index (χ2v) is 6.20. The topological polar surface area (TPSA) is 29.5 Å². The third-order valence-corrected chi connectivity index (χ3v) is 4.22. The summed E-state index contributed by atoms with van der Waals surface area (Å²) < 4.78 is 5.60. The molecule has 0 aliphatic rings. The van der Waals surface area contributed by atoms with E-state index in [4.69, 9.17) is 4.74 Å². The van der Waals surface area contributed by atoms with Gasteiger partial charge in [0.25, 0.3) is 0 Å². The van der Waals surface area contributed by atoms with Gasteiger partial charge in [-0.15, -0.1) is 13.2 Å². The number of carbonyl (C=O) groups is 1. The Labute approximate surface area is 156 Å². The van der Waals surface area contributed by atoms with Crippen LogP contribution in [0, 0.1) is 0 Å². The Morgan fingerprint density at radius 1 is 0.962 bits per heavy atom. The number of ether oxygens (including phenoxy) is 1. The number of benzene rings is 2. The van der Waals surface area contributed by atoms with Crippen LogP contribution >= 0.6 is 0 Å². The van der Waals surface area contributed by atoms with Crippen molar-refractivity contribution in [3.05, 3.63) is 97.1 Å². The highest BCUT2D eigenvalue weighted by Crippen LogP contribution is 2.18. The van der Waals surface area contributed by atoms with E-state index in [1.165, 1.54) is 0 Å². The lowest BCUT2D eigenvalue weighted by Gasteiger charge is -2.30. The van der Waals surface area contributed by atoms with Crippen LogP contribution in [0.4, 0.5) is 4.79 Å². The van der Waals surface area contributed by atoms with Crippen LogP contribution in [0.3, 0.4) is 0 Å². The van der Waals surface area contributed by atoms with Gasteiger partial charge in [0.1, 0.15) is 6.61 Å². The summed E-state index contributed by atoms with van der Waals surface area (Å²) in [5.74, 6) is 0. The van der Waals surface area contributed by atoms with E-state index < -0.39 is 0 Å². The summed E-state index contributed by atoms with van der Waals surface area (Å²) in [6.45, 7) is 8.43. The smallest absolute Gasteiger partial charge is 0.410 e. The van der Waals surface area contributed by atoms with Crippen LogP contribution < -0.4 is 0 Å². The molecule has 0 radical (unpaired) electrons. The van der Waals surface area contributed by atoms with Gasteiger partial charge in [-0.2, -0.15) is 0 Å². The number of rotatable bonds is 10. The third-order valence-electron chi connectivity index (χ3n) is 4.22. The lowest BCUT2D eigenvalue weighted by atomic mass is 10.1. The van der Waals surface area contributed by atoms with Crippen LogP contribution in [0.1, 0.15) is 30.4 Å². The second-order valence-electron chi connectivity index (χ2n) is 6.20. The maximum atomic E-state index is 12.8. The first-order valence-electron chi connectivity index (χ1n) is 8.97. The molecule has 0 heterocycles. The highest BCUT2D eigenvalue weighted by Gasteiger charge is 2.24. The Kier molecular flexibility index (Phi) is 8.20. The van der Waals surface area contributed by atoms with Crippen molar-refractivity contribution in [1.29, 1.82) is 0 Å². The molecule has 1 unspecified atom stereocenters. The van der Waals surface area contributed by atoms with Gasteiger partial charge in [-0.1, -0.05) is 72.8 Å². The zero-order chi connectivity index (χ0) is 18.6. The van der Waals surface area contributed by atoms with Crippen molar-refractivity contribution in [2.24, 2.45) is 0 Å². The number of hydrogen-bond acceptors (Lipinski definition) is 2. The zero-order valence-electron chi connectivity index (χ0n) is 15.2. The van der Waals surface area contributed by atoms with E-state index in [0.717, 1.165) is 30.4 Å². The number of allylic oxidation sites excluding steroid dienone is 1. The van der Waals surface area contributed by atoms with Gasteiger partial charge in [-0.05, 0) is 30.4 Å². The van der Waals surface area contributed by atoms with E-state index in [0.29, 0.717) is 6.54 Å². The van der Waals surface area contributed by atoms with Gasteiger partial charge in [-0.25, -0.2) is 4.79 Å². The van der Waals surface area contributed by atoms with Gasteiger partial charge >= 0.3 is 6.09 Å². The zero-order valence-corrected chi connectivity index (χ0v) is 15.2. The van der Waals surface area contributed by atoms with Crippen molar-refractivity contribution in [2.45, 2.75) is 38.5 Å². The standard InChI is InChI=1S/C23H27NO2/c1-3-5-17-22(12-4-2)24(18-20-13-8-6-9-14-20)23(25)26-19-21-15-10-7-11-16-21/h3-4,6-11,13-16,22H,1-2,5,12,17-19H2. The molecule has 0 spiro atoms. The molecule has 0 aliphatic carbocycles. The fourth-order valence-corrected chi connectivity index (χ4v) is 2.83. The lowest BCUT2D eigenvalue weighted by Crippen LogP contribution is -2.40. The molecule has 0 N–H and O–H groups in total. The quantitative estimate of drug-likeness (QED) is 0.512. The Hall–Kier alpha value is -2.81. The summed E-state index contributed by atoms with van der Waals surface area (Å²) in [5.41, 5.74) is 2.06. The lowest BCUT2D eigenvalue weighted by molar-refractivity contribution is 0.0756. The molecular formula is C23H27NO2. The van der Waals surface area contributed by atoms with Crippen LogP contribution in [-0.4, -0.2) is 17.0 Å². The van der Waals surface area contributed by atoms with Crippen molar-refractivity contribution < 1.29 is 9.53 Å². The van der Waals surface area contributed by atoms with Gasteiger partial charge in [0.05, 0.1) is 0 Å². The fourth-order valence-electron chi connectivity index (χ4n) is 2.83. The average Bonchev–Trinajstić information content (AvgIpc) is 2.69. The fraction of sp³-hybridized carbons (Fsp3) is 0.261. The highest BCUT2D eigenvalue weighted by atomic mass is 16.6. The first-order chi connectivity index (χ1) is 12.7. The van der Waals surface area contributed by atoms with Gasteiger partial charge < -0.3 is 9.64 Å². The van der Waals surface area contributed by atoms with Gasteiger partial charge in [0.2, 0.25) is 0 Å². The summed E-state index contributed by atoms with van der Waals surface area (Å²) in [7, 11) is 0. The molecular weight excluding hydrogens is 322 g/mol. The second kappa shape index (κ2) is 10.9. The van der Waals surface area contributed by atoms with E-state index in [9.17, 15) is 4.79 Å². The van der Waals surface area contributed by atoms with Gasteiger partial charge in [0, 0.05) is 12.6 Å². The predicted molar refractivity (Wildman–Crippen MR) is 107 cm³/mol. The molecule has 0 saturated carbocycles. The SMILES string of the molecule is C=CCCC(CC=C)N(Cc1ccccc1)C(=O)OCc1ccccc1. The van der Waals surface area contributed by atoms with E-state index in [2.05, 4.69) is 13.2 Å². The number of amides is 1. The Morgan fingerprint density at radius 3 is 2.15 bits per heavy atom. The molecule has 1 atom stereocenters. The molecule has 0 fully saturated rings. The van der Waals surface area contributed by atoms with E-state index in [-0.39, 0.29) is 18.7 Å². The molecule has 0 aromatic heterocycles. The van der Waals surface area contributed by atoms with Crippen LogP contribution in [0.15, 0.2) is 86.0 Å². The van der Waals surface area contributed by atoms with Crippen LogP contribution in [-0.2, 0) is 17.9 Å². The first kappa shape index (κ1) is 19.5. The van der Waals surface area contributed by atoms with Gasteiger partial charge in [0.15, 0.2) is 0 Å². The first-order valence-corrected chi connectivity index (χ1v) is 8.97. The molecule has 2 aromatic rings. The molecule has 2 rings (SSSR count). The Morgan fingerprint density at radius 2 is 1.58 bits per heavy atom. The maximum absolute atomic E-state index is 12.8. The van der Waals surface area contributed by atoms with Crippen molar-refractivity contribution in [3.63, 3.8) is 0 Å². The van der Waals surface area contributed by atoms with Crippen LogP contribution in [0.2, 0.25) is 0 Å². The maximum Gasteiger partial charge on any atom is 0.410 e. The molecule has 1 amide bonds. The van der Waals surface area contributed by atoms with Crippen molar-refractivity contribution in [3.8, 4) is 0 Å². The van der Waals surface area contributed by atoms with E-state index in [1.807, 2.05) is 77.7 Å². The summed E-state index contributed by atoms with van der Waals surface area (Å²) in [4.78, 5) is 14.7. The summed E-state index contributed by atoms with van der Waals surface area (Å²) in [6.07, 6.45) is 5.84. The molecule has 0 saturated heterocycles. The van der Waals surface area contributed by atoms with Crippen molar-refractivity contribution in [2.75, 3.05) is 0 Å². The molecule has 0 bridgehead atoms. The number of nitrogens with zero attached hydrogens (tertiary/aromatic N) is 1. The predicted octanol–water partition coefficient (Wildman–Crippen LogP) is 5.74. The van der Waals surface area contributed by atoms with E-state index >= 15 is 0 Å². The highest BCUT2D eigenvalue weighted by molar-refractivity contribution is 5.68. The molecule has 136 valence electrons. The minimum atomic E-state index is -0.298. The molecule has 2 aromatic carbocycles. The summed E-state index contributed by atoms with van der Waals surface area (Å²) in [5, 5.41) is 0. The minimum absolute atomic E-state index is 0.0361. The third kappa shape index (κ3) is 6.25. The normalized spacial score (nSPS) is 11.4. The monoisotopic (exact) mass is 349 g/mol. The number of hydrogen-bond donors (Lipinski definition) is 0. The largest absolute Gasteiger partial charge is 0.445 e. The minimum Gasteiger partial charge on any atom is -0.445 e. The van der Waals surface area contributed by atoms with E-state index in [1.54, 1.807) is 0 Å². The Bertz CT molecular complexity index is 682. The molecule has 0 aliphatic heterocycles. The Balaban J connectivity index is 2.12. The summed E-state index contributed by atoms with van der Waals surface area (Å²) in [6, 6.07) is 19.7. The summed E-state index contributed by atoms with van der Waals surface area (Å²) >= 11 is 0.